The van der Waals surface area contributed by atoms with Crippen molar-refractivity contribution < 1.29 is 9.53 Å². The maximum Gasteiger partial charge on any atom is 0.226 e. The predicted octanol–water partition coefficient (Wildman–Crippen LogP) is 2.76. The lowest BCUT2D eigenvalue weighted by molar-refractivity contribution is -0.117. The third-order valence-electron chi connectivity index (χ3n) is 3.96. The highest BCUT2D eigenvalue weighted by Crippen LogP contribution is 2.41. The van der Waals surface area contributed by atoms with Crippen LogP contribution >= 0.6 is 0 Å². The second-order valence-corrected chi connectivity index (χ2v) is 5.25. The molecule has 2 N–H and O–H groups in total. The molecule has 1 aliphatic carbocycles. The van der Waals surface area contributed by atoms with E-state index in [0.29, 0.717) is 6.42 Å². The van der Waals surface area contributed by atoms with Gasteiger partial charge in [0.15, 0.2) is 0 Å². The average molecular weight is 246 g/mol. The van der Waals surface area contributed by atoms with E-state index >= 15 is 0 Å². The zero-order chi connectivity index (χ0) is 12.6. The van der Waals surface area contributed by atoms with Crippen LogP contribution in [-0.4, -0.2) is 18.6 Å². The van der Waals surface area contributed by atoms with E-state index in [4.69, 9.17) is 4.74 Å². The van der Waals surface area contributed by atoms with E-state index in [9.17, 15) is 4.79 Å². The first kappa shape index (κ1) is 11.4. The summed E-state index contributed by atoms with van der Waals surface area (Å²) in [5.74, 6) is 0.856. The SMILES string of the molecule is COc1ccc2c(c1)NC(=O)CC1(CCCC1)N2. The molecule has 1 fully saturated rings. The van der Waals surface area contributed by atoms with Crippen LogP contribution in [0.25, 0.3) is 0 Å². The molecular weight excluding hydrogens is 228 g/mol. The average Bonchev–Trinajstić information content (AvgIpc) is 2.73. The smallest absolute Gasteiger partial charge is 0.226 e. The fraction of sp³-hybridized carbons (Fsp3) is 0.500. The van der Waals surface area contributed by atoms with Gasteiger partial charge in [-0.05, 0) is 25.0 Å². The molecule has 2 aliphatic rings. The van der Waals surface area contributed by atoms with E-state index in [-0.39, 0.29) is 11.4 Å². The number of methoxy groups -OCH3 is 1. The Morgan fingerprint density at radius 3 is 2.72 bits per heavy atom. The molecule has 3 rings (SSSR count). The third-order valence-corrected chi connectivity index (χ3v) is 3.96. The monoisotopic (exact) mass is 246 g/mol. The molecular formula is C14H18N2O2. The summed E-state index contributed by atoms with van der Waals surface area (Å²) < 4.78 is 5.19. The number of amides is 1. The summed E-state index contributed by atoms with van der Waals surface area (Å²) in [5.41, 5.74) is 1.79. The molecule has 1 heterocycles. The molecule has 1 aromatic carbocycles. The summed E-state index contributed by atoms with van der Waals surface area (Å²) in [6.07, 6.45) is 5.11. The van der Waals surface area contributed by atoms with Crippen molar-refractivity contribution in [1.29, 1.82) is 0 Å². The molecule has 4 nitrogen and oxygen atoms in total. The molecule has 4 heteroatoms. The van der Waals surface area contributed by atoms with Crippen molar-refractivity contribution in [2.24, 2.45) is 0 Å². The van der Waals surface area contributed by atoms with E-state index in [0.717, 1.165) is 30.0 Å². The minimum Gasteiger partial charge on any atom is -0.497 e. The van der Waals surface area contributed by atoms with Gasteiger partial charge in [-0.1, -0.05) is 12.8 Å². The van der Waals surface area contributed by atoms with Gasteiger partial charge >= 0.3 is 0 Å². The maximum atomic E-state index is 12.0. The van der Waals surface area contributed by atoms with Gasteiger partial charge in [0.25, 0.3) is 0 Å². The molecule has 96 valence electrons. The van der Waals surface area contributed by atoms with Gasteiger partial charge in [0.2, 0.25) is 5.91 Å². The van der Waals surface area contributed by atoms with Crippen molar-refractivity contribution in [2.75, 3.05) is 17.7 Å². The Kier molecular flexibility index (Phi) is 2.65. The second kappa shape index (κ2) is 4.19. The van der Waals surface area contributed by atoms with E-state index in [1.165, 1.54) is 12.8 Å². The van der Waals surface area contributed by atoms with Crippen LogP contribution in [0.4, 0.5) is 11.4 Å². The molecule has 0 radical (unpaired) electrons. The van der Waals surface area contributed by atoms with Gasteiger partial charge < -0.3 is 15.4 Å². The van der Waals surface area contributed by atoms with Crippen molar-refractivity contribution in [3.63, 3.8) is 0 Å². The molecule has 0 atom stereocenters. The zero-order valence-electron chi connectivity index (χ0n) is 10.6. The van der Waals surface area contributed by atoms with E-state index in [1.807, 2.05) is 18.2 Å². The van der Waals surface area contributed by atoms with Crippen molar-refractivity contribution in [3.8, 4) is 5.75 Å². The van der Waals surface area contributed by atoms with Crippen LogP contribution in [0.5, 0.6) is 5.75 Å². The number of hydrogen-bond acceptors (Lipinski definition) is 3. The minimum absolute atomic E-state index is 0.0378. The maximum absolute atomic E-state index is 12.0. The molecule has 1 aliphatic heterocycles. The molecule has 0 aromatic heterocycles. The predicted molar refractivity (Wildman–Crippen MR) is 71.1 cm³/mol. The lowest BCUT2D eigenvalue weighted by Gasteiger charge is -2.28. The molecule has 1 saturated carbocycles. The van der Waals surface area contributed by atoms with Crippen molar-refractivity contribution in [1.82, 2.24) is 0 Å². The molecule has 1 spiro atoms. The van der Waals surface area contributed by atoms with E-state index < -0.39 is 0 Å². The Morgan fingerprint density at radius 2 is 2.00 bits per heavy atom. The first-order chi connectivity index (χ1) is 8.71. The van der Waals surface area contributed by atoms with E-state index in [2.05, 4.69) is 10.6 Å². The third kappa shape index (κ3) is 1.92. The van der Waals surface area contributed by atoms with Gasteiger partial charge in [-0.3, -0.25) is 4.79 Å². The molecule has 1 aromatic rings. The quantitative estimate of drug-likeness (QED) is 0.801. The Balaban J connectivity index is 1.98. The number of fused-ring (bicyclic) bond motifs is 1. The highest BCUT2D eigenvalue weighted by atomic mass is 16.5. The number of benzene rings is 1. The molecule has 0 unspecified atom stereocenters. The summed E-state index contributed by atoms with van der Waals surface area (Å²) in [6.45, 7) is 0. The number of hydrogen-bond donors (Lipinski definition) is 2. The van der Waals surface area contributed by atoms with Crippen LogP contribution in [0.3, 0.4) is 0 Å². The van der Waals surface area contributed by atoms with Crippen molar-refractivity contribution >= 4 is 17.3 Å². The second-order valence-electron chi connectivity index (χ2n) is 5.25. The van der Waals surface area contributed by atoms with Crippen LogP contribution in [0.2, 0.25) is 0 Å². The van der Waals surface area contributed by atoms with Crippen molar-refractivity contribution in [2.45, 2.75) is 37.6 Å². The Morgan fingerprint density at radius 1 is 1.22 bits per heavy atom. The van der Waals surface area contributed by atoms with Crippen LogP contribution in [0.15, 0.2) is 18.2 Å². The van der Waals surface area contributed by atoms with Crippen LogP contribution in [-0.2, 0) is 4.79 Å². The normalized spacial score (nSPS) is 20.8. The fourth-order valence-corrected chi connectivity index (χ4v) is 3.05. The van der Waals surface area contributed by atoms with Crippen LogP contribution < -0.4 is 15.4 Å². The number of ether oxygens (including phenoxy) is 1. The fourth-order valence-electron chi connectivity index (χ4n) is 3.05. The first-order valence-electron chi connectivity index (χ1n) is 6.47. The topological polar surface area (TPSA) is 50.4 Å². The summed E-state index contributed by atoms with van der Waals surface area (Å²) in [4.78, 5) is 12.0. The number of nitrogens with one attached hydrogen (secondary N) is 2. The Hall–Kier alpha value is -1.71. The highest BCUT2D eigenvalue weighted by Gasteiger charge is 2.38. The van der Waals surface area contributed by atoms with Gasteiger partial charge in [0, 0.05) is 18.0 Å². The summed E-state index contributed by atoms with van der Waals surface area (Å²) >= 11 is 0. The Labute approximate surface area is 107 Å². The van der Waals surface area contributed by atoms with Gasteiger partial charge in [-0.15, -0.1) is 0 Å². The largest absolute Gasteiger partial charge is 0.497 e. The van der Waals surface area contributed by atoms with E-state index in [1.54, 1.807) is 7.11 Å². The number of carbonyl (C=O) groups is 1. The van der Waals surface area contributed by atoms with Gasteiger partial charge in [-0.25, -0.2) is 0 Å². The molecule has 0 saturated heterocycles. The van der Waals surface area contributed by atoms with Gasteiger partial charge in [0.05, 0.1) is 18.5 Å². The van der Waals surface area contributed by atoms with Crippen molar-refractivity contribution in [3.05, 3.63) is 18.2 Å². The summed E-state index contributed by atoms with van der Waals surface area (Å²) in [7, 11) is 1.63. The number of rotatable bonds is 1. The number of anilines is 2. The van der Waals surface area contributed by atoms with Crippen LogP contribution in [0.1, 0.15) is 32.1 Å². The first-order valence-corrected chi connectivity index (χ1v) is 6.47. The standard InChI is InChI=1S/C14H18N2O2/c1-18-10-4-5-11-12(8-10)15-13(17)9-14(16-11)6-2-3-7-14/h4-5,8,16H,2-3,6-7,9H2,1H3,(H,15,17). The lowest BCUT2D eigenvalue weighted by atomic mass is 9.93. The lowest BCUT2D eigenvalue weighted by Crippen LogP contribution is -2.36. The molecule has 1 amide bonds. The van der Waals surface area contributed by atoms with Gasteiger partial charge in [0.1, 0.15) is 5.75 Å². The Bertz CT molecular complexity index is 479. The summed E-state index contributed by atoms with van der Waals surface area (Å²) in [6, 6.07) is 5.78. The van der Waals surface area contributed by atoms with Gasteiger partial charge in [-0.2, -0.15) is 0 Å². The molecule has 0 bridgehead atoms. The molecule has 18 heavy (non-hydrogen) atoms. The minimum atomic E-state index is -0.0378. The highest BCUT2D eigenvalue weighted by molar-refractivity contribution is 5.97. The summed E-state index contributed by atoms with van der Waals surface area (Å²) in [5, 5.41) is 6.54. The number of carbonyl (C=O) groups excluding carboxylic acids is 1. The van der Waals surface area contributed by atoms with Crippen LogP contribution in [0, 0.1) is 0 Å². The zero-order valence-corrected chi connectivity index (χ0v) is 10.6.